The van der Waals surface area contributed by atoms with Crippen molar-refractivity contribution in [1.82, 2.24) is 0 Å². The second-order valence-corrected chi connectivity index (χ2v) is 3.94. The Bertz CT molecular complexity index is 134. The van der Waals surface area contributed by atoms with E-state index in [-0.39, 0.29) is 5.41 Å². The number of hydrogen-bond acceptors (Lipinski definition) is 2. The van der Waals surface area contributed by atoms with Gasteiger partial charge in [0.25, 0.3) is 0 Å². The molecule has 1 aliphatic heterocycles. The molecule has 1 saturated heterocycles. The van der Waals surface area contributed by atoms with E-state index in [1.807, 2.05) is 0 Å². The molecule has 0 amide bonds. The first kappa shape index (κ1) is 9.01. The molecule has 1 rings (SSSR count). The van der Waals surface area contributed by atoms with Crippen LogP contribution in [0.25, 0.3) is 0 Å². The summed E-state index contributed by atoms with van der Waals surface area (Å²) in [5.41, 5.74) is 0.193. The van der Waals surface area contributed by atoms with Gasteiger partial charge in [-0.15, -0.1) is 0 Å². The van der Waals surface area contributed by atoms with Crippen molar-refractivity contribution in [3.63, 3.8) is 0 Å². The van der Waals surface area contributed by atoms with Crippen LogP contribution in [0, 0.1) is 11.3 Å². The lowest BCUT2D eigenvalue weighted by atomic mass is 9.75. The summed E-state index contributed by atoms with van der Waals surface area (Å²) in [6.07, 6.45) is 0.316. The van der Waals surface area contributed by atoms with Crippen LogP contribution in [0.15, 0.2) is 0 Å². The fourth-order valence-electron chi connectivity index (χ4n) is 1.36. The predicted octanol–water partition coefficient (Wildman–Crippen LogP) is 2.04. The maximum absolute atomic E-state index is 5.43. The molecule has 2 heteroatoms. The fraction of sp³-hybridized carbons (Fsp3) is 1.00. The third-order valence-electron chi connectivity index (χ3n) is 3.06. The van der Waals surface area contributed by atoms with E-state index in [9.17, 15) is 0 Å². The maximum atomic E-state index is 5.43. The van der Waals surface area contributed by atoms with Crippen LogP contribution in [-0.2, 0) is 9.47 Å². The van der Waals surface area contributed by atoms with Crippen LogP contribution in [0.3, 0.4) is 0 Å². The molecule has 1 aliphatic rings. The summed E-state index contributed by atoms with van der Waals surface area (Å²) < 4.78 is 10.7. The standard InChI is InChI=1S/C9H18O2/c1-7(2)9(4)5-10-6-11-8(9)3/h7-8H,5-6H2,1-4H3. The van der Waals surface area contributed by atoms with Gasteiger partial charge in [0.05, 0.1) is 12.7 Å². The molecule has 2 unspecified atom stereocenters. The summed E-state index contributed by atoms with van der Waals surface area (Å²) in [5.74, 6) is 0.609. The van der Waals surface area contributed by atoms with Crippen LogP contribution < -0.4 is 0 Å². The van der Waals surface area contributed by atoms with Gasteiger partial charge >= 0.3 is 0 Å². The lowest BCUT2D eigenvalue weighted by molar-refractivity contribution is -0.210. The molecule has 0 radical (unpaired) electrons. The molecule has 2 atom stereocenters. The van der Waals surface area contributed by atoms with E-state index in [1.54, 1.807) is 0 Å². The van der Waals surface area contributed by atoms with Crippen molar-refractivity contribution in [2.45, 2.75) is 33.8 Å². The Balaban J connectivity index is 2.64. The second kappa shape index (κ2) is 3.11. The molecule has 11 heavy (non-hydrogen) atoms. The van der Waals surface area contributed by atoms with Crippen LogP contribution in [0.5, 0.6) is 0 Å². The van der Waals surface area contributed by atoms with E-state index in [2.05, 4.69) is 27.7 Å². The average molecular weight is 158 g/mol. The van der Waals surface area contributed by atoms with Gasteiger partial charge in [0.2, 0.25) is 0 Å². The second-order valence-electron chi connectivity index (χ2n) is 3.94. The van der Waals surface area contributed by atoms with Crippen molar-refractivity contribution >= 4 is 0 Å². The Morgan fingerprint density at radius 2 is 2.09 bits per heavy atom. The van der Waals surface area contributed by atoms with Crippen LogP contribution >= 0.6 is 0 Å². The minimum Gasteiger partial charge on any atom is -0.355 e. The highest BCUT2D eigenvalue weighted by molar-refractivity contribution is 4.84. The molecule has 1 heterocycles. The van der Waals surface area contributed by atoms with Crippen molar-refractivity contribution in [1.29, 1.82) is 0 Å². The van der Waals surface area contributed by atoms with E-state index >= 15 is 0 Å². The summed E-state index contributed by atoms with van der Waals surface area (Å²) >= 11 is 0. The molecule has 0 bridgehead atoms. The lowest BCUT2D eigenvalue weighted by Gasteiger charge is -2.42. The molecule has 1 fully saturated rings. The Morgan fingerprint density at radius 1 is 1.45 bits per heavy atom. The summed E-state index contributed by atoms with van der Waals surface area (Å²) in [7, 11) is 0. The Morgan fingerprint density at radius 3 is 2.45 bits per heavy atom. The van der Waals surface area contributed by atoms with Crippen LogP contribution in [0.1, 0.15) is 27.7 Å². The van der Waals surface area contributed by atoms with Crippen molar-refractivity contribution in [2.24, 2.45) is 11.3 Å². The number of hydrogen-bond donors (Lipinski definition) is 0. The summed E-state index contributed by atoms with van der Waals surface area (Å²) in [4.78, 5) is 0. The predicted molar refractivity (Wildman–Crippen MR) is 44.3 cm³/mol. The van der Waals surface area contributed by atoms with Crippen molar-refractivity contribution in [3.05, 3.63) is 0 Å². The topological polar surface area (TPSA) is 18.5 Å². The quantitative estimate of drug-likeness (QED) is 0.581. The molecule has 2 nitrogen and oxygen atoms in total. The molecule has 0 aliphatic carbocycles. The highest BCUT2D eigenvalue weighted by atomic mass is 16.7. The SMILES string of the molecule is CC(C)C1(C)COCOC1C. The lowest BCUT2D eigenvalue weighted by Crippen LogP contribution is -2.45. The van der Waals surface area contributed by atoms with Crippen molar-refractivity contribution < 1.29 is 9.47 Å². The van der Waals surface area contributed by atoms with E-state index in [0.29, 0.717) is 18.8 Å². The van der Waals surface area contributed by atoms with Gasteiger partial charge in [-0.05, 0) is 12.8 Å². The van der Waals surface area contributed by atoms with Crippen molar-refractivity contribution in [2.75, 3.05) is 13.4 Å². The minimum absolute atomic E-state index is 0.193. The zero-order chi connectivity index (χ0) is 8.48. The zero-order valence-electron chi connectivity index (χ0n) is 7.89. The van der Waals surface area contributed by atoms with Gasteiger partial charge < -0.3 is 9.47 Å². The van der Waals surface area contributed by atoms with Gasteiger partial charge in [0.15, 0.2) is 0 Å². The maximum Gasteiger partial charge on any atom is 0.147 e. The summed E-state index contributed by atoms with van der Waals surface area (Å²) in [5, 5.41) is 0. The number of ether oxygens (including phenoxy) is 2. The van der Waals surface area contributed by atoms with Crippen LogP contribution in [0.4, 0.5) is 0 Å². The third-order valence-corrected chi connectivity index (χ3v) is 3.06. The van der Waals surface area contributed by atoms with E-state index in [1.165, 1.54) is 0 Å². The molecule has 0 aromatic carbocycles. The van der Waals surface area contributed by atoms with Gasteiger partial charge in [0, 0.05) is 5.41 Å². The van der Waals surface area contributed by atoms with Gasteiger partial charge in [-0.1, -0.05) is 20.8 Å². The van der Waals surface area contributed by atoms with E-state index in [4.69, 9.17) is 9.47 Å². The van der Waals surface area contributed by atoms with Gasteiger partial charge in [-0.3, -0.25) is 0 Å². The van der Waals surface area contributed by atoms with Gasteiger partial charge in [-0.2, -0.15) is 0 Å². The first-order valence-electron chi connectivity index (χ1n) is 4.26. The van der Waals surface area contributed by atoms with Crippen LogP contribution in [-0.4, -0.2) is 19.5 Å². The molecule has 0 aromatic rings. The summed E-state index contributed by atoms with van der Waals surface area (Å²) in [6.45, 7) is 10.1. The fourth-order valence-corrected chi connectivity index (χ4v) is 1.36. The molecular weight excluding hydrogens is 140 g/mol. The highest BCUT2D eigenvalue weighted by Crippen LogP contribution is 2.35. The Kier molecular flexibility index (Phi) is 2.55. The van der Waals surface area contributed by atoms with Crippen molar-refractivity contribution in [3.8, 4) is 0 Å². The summed E-state index contributed by atoms with van der Waals surface area (Å²) in [6, 6.07) is 0. The van der Waals surface area contributed by atoms with E-state index in [0.717, 1.165) is 6.61 Å². The Labute approximate surface area is 68.9 Å². The van der Waals surface area contributed by atoms with Gasteiger partial charge in [-0.25, -0.2) is 0 Å². The molecular formula is C9H18O2. The molecule has 0 saturated carbocycles. The molecule has 0 N–H and O–H groups in total. The average Bonchev–Trinajstić information content (AvgIpc) is 1.95. The minimum atomic E-state index is 0.193. The normalized spacial score (nSPS) is 39.5. The largest absolute Gasteiger partial charge is 0.355 e. The van der Waals surface area contributed by atoms with Gasteiger partial charge in [0.1, 0.15) is 6.79 Å². The molecule has 0 spiro atoms. The number of rotatable bonds is 1. The smallest absolute Gasteiger partial charge is 0.147 e. The van der Waals surface area contributed by atoms with Crippen LogP contribution in [0.2, 0.25) is 0 Å². The first-order chi connectivity index (χ1) is 5.07. The third kappa shape index (κ3) is 1.57. The Hall–Kier alpha value is -0.0800. The monoisotopic (exact) mass is 158 g/mol. The van der Waals surface area contributed by atoms with E-state index < -0.39 is 0 Å². The highest BCUT2D eigenvalue weighted by Gasteiger charge is 2.38. The zero-order valence-corrected chi connectivity index (χ0v) is 7.89. The first-order valence-corrected chi connectivity index (χ1v) is 4.26. The molecule has 66 valence electrons. The molecule has 0 aromatic heterocycles.